The zero-order chi connectivity index (χ0) is 11.2. The first-order valence-electron chi connectivity index (χ1n) is 4.23. The molecule has 0 atom stereocenters. The third kappa shape index (κ3) is 7.97. The average molecular weight is 389 g/mol. The molecule has 0 aliphatic carbocycles. The number of rotatable bonds is 0. The van der Waals surface area contributed by atoms with E-state index in [0.29, 0.717) is 0 Å². The maximum atomic E-state index is 3.42. The van der Waals surface area contributed by atoms with Crippen LogP contribution in [0.2, 0.25) is 0 Å². The predicted octanol–water partition coefficient (Wildman–Crippen LogP) is 2.74. The Bertz CT molecular complexity index is 239. The van der Waals surface area contributed by atoms with Gasteiger partial charge in [0.15, 0.2) is 2.14 Å². The molecule has 0 amide bonds. The van der Waals surface area contributed by atoms with E-state index in [2.05, 4.69) is 68.9 Å². The van der Waals surface area contributed by atoms with Crippen molar-refractivity contribution in [2.24, 2.45) is 0 Å². The Labute approximate surface area is 111 Å². The summed E-state index contributed by atoms with van der Waals surface area (Å²) in [5.41, 5.74) is 1.15. The van der Waals surface area contributed by atoms with Crippen molar-refractivity contribution in [3.05, 3.63) is 35.9 Å². The average Bonchev–Trinajstić information content (AvgIpc) is 2.03. The van der Waals surface area contributed by atoms with Gasteiger partial charge in [0.05, 0.1) is 21.1 Å². The minimum absolute atomic E-state index is 0.270. The third-order valence-electron chi connectivity index (χ3n) is 1.10. The van der Waals surface area contributed by atoms with Crippen molar-refractivity contribution in [3.63, 3.8) is 0 Å². The molecule has 1 aromatic rings. The number of nitrogens with one attached hydrogen (secondary N) is 1. The van der Waals surface area contributed by atoms with E-state index in [1.165, 1.54) is 4.90 Å². The second-order valence-corrected chi connectivity index (χ2v) is 10.1. The van der Waals surface area contributed by atoms with Crippen LogP contribution in [0.25, 0.3) is 0 Å². The number of quaternary nitrogens is 1. The molecular formula is C10H15Br3N+. The molecule has 0 spiro atoms. The molecule has 0 aliphatic rings. The van der Waals surface area contributed by atoms with Crippen molar-refractivity contribution in [2.45, 2.75) is 2.14 Å². The first-order valence-corrected chi connectivity index (χ1v) is 6.61. The Morgan fingerprint density at radius 2 is 1.29 bits per heavy atom. The van der Waals surface area contributed by atoms with E-state index in [9.17, 15) is 0 Å². The van der Waals surface area contributed by atoms with Gasteiger partial charge in [-0.25, -0.2) is 0 Å². The van der Waals surface area contributed by atoms with Crippen molar-refractivity contribution < 1.29 is 4.90 Å². The zero-order valence-electron chi connectivity index (χ0n) is 8.52. The van der Waals surface area contributed by atoms with Crippen LogP contribution in [0, 0.1) is 0 Å². The van der Waals surface area contributed by atoms with Crippen molar-refractivity contribution in [1.82, 2.24) is 0 Å². The van der Waals surface area contributed by atoms with Crippen LogP contribution in [-0.4, -0.2) is 21.1 Å². The number of hydrogen-bond donors (Lipinski definition) is 1. The summed E-state index contributed by atoms with van der Waals surface area (Å²) in [4.78, 5) is 1.42. The van der Waals surface area contributed by atoms with Gasteiger partial charge in [-0.2, -0.15) is 0 Å². The molecule has 1 nitrogen and oxygen atoms in total. The quantitative estimate of drug-likeness (QED) is 0.652. The van der Waals surface area contributed by atoms with Crippen molar-refractivity contribution in [2.75, 3.05) is 21.1 Å². The smallest absolute Gasteiger partial charge is 0.159 e. The summed E-state index contributed by atoms with van der Waals surface area (Å²) in [7, 11) is 6.25. The van der Waals surface area contributed by atoms with Crippen LogP contribution in [0.3, 0.4) is 0 Å². The van der Waals surface area contributed by atoms with Gasteiger partial charge in [0, 0.05) is 0 Å². The molecule has 0 radical (unpaired) electrons. The Morgan fingerprint density at radius 1 is 0.929 bits per heavy atom. The summed E-state index contributed by atoms with van der Waals surface area (Å²) < 4.78 is -0.270. The minimum Gasteiger partial charge on any atom is -0.342 e. The van der Waals surface area contributed by atoms with Crippen molar-refractivity contribution in [1.29, 1.82) is 0 Å². The fourth-order valence-electron chi connectivity index (χ4n) is 0.627. The lowest BCUT2D eigenvalue weighted by molar-refractivity contribution is -0.836. The Balaban J connectivity index is 0.000000364. The monoisotopic (exact) mass is 386 g/mol. The Kier molecular flexibility index (Phi) is 7.30. The maximum absolute atomic E-state index is 3.42. The van der Waals surface area contributed by atoms with Gasteiger partial charge in [0.25, 0.3) is 0 Å². The molecule has 0 unspecified atom stereocenters. The maximum Gasteiger partial charge on any atom is 0.159 e. The van der Waals surface area contributed by atoms with E-state index in [-0.39, 0.29) is 2.14 Å². The molecule has 1 N–H and O–H groups in total. The molecule has 0 heterocycles. The number of hydrogen-bond acceptors (Lipinski definition) is 0. The highest BCUT2D eigenvalue weighted by atomic mass is 80.0. The molecule has 0 fully saturated rings. The van der Waals surface area contributed by atoms with Gasteiger partial charge >= 0.3 is 0 Å². The predicted molar refractivity (Wildman–Crippen MR) is 73.6 cm³/mol. The zero-order valence-corrected chi connectivity index (χ0v) is 13.3. The van der Waals surface area contributed by atoms with Crippen LogP contribution >= 0.6 is 47.8 Å². The molecule has 80 valence electrons. The number of benzene rings is 1. The fraction of sp³-hybridized carbons (Fsp3) is 0.400. The summed E-state index contributed by atoms with van der Waals surface area (Å²) in [6, 6.07) is 10.0. The van der Waals surface area contributed by atoms with Crippen LogP contribution in [0.1, 0.15) is 5.56 Å². The number of halogens is 3. The van der Waals surface area contributed by atoms with Gasteiger partial charge in [0.1, 0.15) is 0 Å². The highest BCUT2D eigenvalue weighted by Gasteiger charge is 2.19. The summed E-state index contributed by atoms with van der Waals surface area (Å²) in [5.74, 6) is 0. The SMILES string of the molecule is BrC(Br)(Br)c1ccccc1.C[NH+](C)C. The molecule has 0 saturated heterocycles. The molecular weight excluding hydrogens is 374 g/mol. The van der Waals surface area contributed by atoms with Crippen LogP contribution in [-0.2, 0) is 2.14 Å². The lowest BCUT2D eigenvalue weighted by Crippen LogP contribution is -3.02. The van der Waals surface area contributed by atoms with Gasteiger partial charge in [-0.3, -0.25) is 0 Å². The van der Waals surface area contributed by atoms with Gasteiger partial charge in [-0.05, 0) is 5.56 Å². The van der Waals surface area contributed by atoms with E-state index in [1.54, 1.807) is 0 Å². The molecule has 0 bridgehead atoms. The van der Waals surface area contributed by atoms with E-state index >= 15 is 0 Å². The number of alkyl halides is 3. The summed E-state index contributed by atoms with van der Waals surface area (Å²) in [6.45, 7) is 0. The minimum atomic E-state index is -0.270. The molecule has 1 rings (SSSR count). The van der Waals surface area contributed by atoms with E-state index < -0.39 is 0 Å². The molecule has 0 aromatic heterocycles. The van der Waals surface area contributed by atoms with E-state index in [0.717, 1.165) is 5.56 Å². The first-order chi connectivity index (χ1) is 6.34. The fourth-order valence-corrected chi connectivity index (χ4v) is 1.42. The Hall–Kier alpha value is 0.620. The highest BCUT2D eigenvalue weighted by Crippen LogP contribution is 2.43. The standard InChI is InChI=1S/C7H5Br3.C3H9N/c8-7(9,10)6-4-2-1-3-5-6;1-4(2)3/h1-5H;1-3H3/p+1. The molecule has 14 heavy (non-hydrogen) atoms. The lowest BCUT2D eigenvalue weighted by atomic mass is 10.2. The summed E-state index contributed by atoms with van der Waals surface area (Å²) >= 11 is 10.3. The molecule has 4 heteroatoms. The summed E-state index contributed by atoms with van der Waals surface area (Å²) in [6.07, 6.45) is 0. The van der Waals surface area contributed by atoms with Crippen LogP contribution in [0.15, 0.2) is 30.3 Å². The Morgan fingerprint density at radius 3 is 1.50 bits per heavy atom. The normalized spacial score (nSPS) is 10.8. The van der Waals surface area contributed by atoms with Gasteiger partial charge in [0.2, 0.25) is 0 Å². The molecule has 0 aliphatic heterocycles. The lowest BCUT2D eigenvalue weighted by Gasteiger charge is -2.10. The van der Waals surface area contributed by atoms with Crippen molar-refractivity contribution in [3.8, 4) is 0 Å². The second kappa shape index (κ2) is 6.99. The van der Waals surface area contributed by atoms with Crippen LogP contribution in [0.5, 0.6) is 0 Å². The van der Waals surface area contributed by atoms with Crippen molar-refractivity contribution >= 4 is 47.8 Å². The van der Waals surface area contributed by atoms with Crippen LogP contribution in [0.4, 0.5) is 0 Å². The van der Waals surface area contributed by atoms with Crippen LogP contribution < -0.4 is 4.90 Å². The summed E-state index contributed by atoms with van der Waals surface area (Å²) in [5, 5.41) is 0. The van der Waals surface area contributed by atoms with Gasteiger partial charge < -0.3 is 4.90 Å². The highest BCUT2D eigenvalue weighted by molar-refractivity contribution is 9.38. The van der Waals surface area contributed by atoms with Gasteiger partial charge in [-0.15, -0.1) is 0 Å². The largest absolute Gasteiger partial charge is 0.342 e. The van der Waals surface area contributed by atoms with E-state index in [1.807, 2.05) is 30.3 Å². The molecule has 1 aromatic carbocycles. The van der Waals surface area contributed by atoms with E-state index in [4.69, 9.17) is 0 Å². The molecule has 0 saturated carbocycles. The first kappa shape index (κ1) is 14.6. The van der Waals surface area contributed by atoms with Gasteiger partial charge in [-0.1, -0.05) is 78.1 Å². The second-order valence-electron chi connectivity index (χ2n) is 3.36. The third-order valence-corrected chi connectivity index (χ3v) is 2.47. The topological polar surface area (TPSA) is 4.44 Å².